The molecule has 0 unspecified atom stereocenters. The van der Waals surface area contributed by atoms with Crippen molar-refractivity contribution in [2.24, 2.45) is 10.9 Å². The van der Waals surface area contributed by atoms with Crippen LogP contribution in [0, 0.1) is 5.92 Å². The van der Waals surface area contributed by atoms with Crippen LogP contribution in [-0.2, 0) is 6.54 Å². The predicted molar refractivity (Wildman–Crippen MR) is 133 cm³/mol. The van der Waals surface area contributed by atoms with Crippen molar-refractivity contribution in [2.75, 3.05) is 51.7 Å². The first-order valence-electron chi connectivity index (χ1n) is 11.1. The van der Waals surface area contributed by atoms with Crippen molar-refractivity contribution in [2.45, 2.75) is 51.5 Å². The number of rotatable bonds is 8. The number of nitrogens with one attached hydrogen (secondary N) is 2. The van der Waals surface area contributed by atoms with Gasteiger partial charge in [-0.3, -0.25) is 4.99 Å². The van der Waals surface area contributed by atoms with Crippen molar-refractivity contribution in [1.82, 2.24) is 20.5 Å². The highest BCUT2D eigenvalue weighted by Gasteiger charge is 2.15. The molecule has 164 valence electrons. The van der Waals surface area contributed by atoms with Gasteiger partial charge < -0.3 is 20.4 Å². The summed E-state index contributed by atoms with van der Waals surface area (Å²) in [6.45, 7) is 6.05. The van der Waals surface area contributed by atoms with Crippen LogP contribution in [0.25, 0.3) is 0 Å². The molecule has 1 aromatic heterocycles. The maximum Gasteiger partial charge on any atom is 0.191 e. The van der Waals surface area contributed by atoms with Gasteiger partial charge in [-0.15, -0.1) is 24.0 Å². The number of pyridine rings is 1. The zero-order chi connectivity index (χ0) is 19.6. The molecule has 1 aliphatic carbocycles. The molecule has 1 saturated heterocycles. The number of hydrogen-bond acceptors (Lipinski definition) is 4. The molecule has 1 aliphatic heterocycles. The molecule has 2 aliphatic rings. The summed E-state index contributed by atoms with van der Waals surface area (Å²) in [5.41, 5.74) is 1.24. The first-order valence-corrected chi connectivity index (χ1v) is 11.1. The van der Waals surface area contributed by atoms with Crippen molar-refractivity contribution in [3.8, 4) is 0 Å². The third kappa shape index (κ3) is 8.28. The molecule has 6 nitrogen and oxygen atoms in total. The van der Waals surface area contributed by atoms with Crippen LogP contribution in [-0.4, -0.2) is 62.7 Å². The zero-order valence-corrected chi connectivity index (χ0v) is 20.5. The van der Waals surface area contributed by atoms with E-state index >= 15 is 0 Å². The van der Waals surface area contributed by atoms with E-state index in [4.69, 9.17) is 0 Å². The summed E-state index contributed by atoms with van der Waals surface area (Å²) in [5, 5.41) is 6.89. The Balaban J connectivity index is 0.00000300. The second kappa shape index (κ2) is 13.3. The van der Waals surface area contributed by atoms with E-state index in [0.717, 1.165) is 57.0 Å². The lowest BCUT2D eigenvalue weighted by molar-refractivity contribution is 0.312. The van der Waals surface area contributed by atoms with Gasteiger partial charge in [0, 0.05) is 52.5 Å². The van der Waals surface area contributed by atoms with Gasteiger partial charge in [0.15, 0.2) is 5.96 Å². The van der Waals surface area contributed by atoms with Gasteiger partial charge in [0.1, 0.15) is 5.82 Å². The highest BCUT2D eigenvalue weighted by molar-refractivity contribution is 14.0. The van der Waals surface area contributed by atoms with Gasteiger partial charge in [-0.2, -0.15) is 0 Å². The molecule has 29 heavy (non-hydrogen) atoms. The number of aliphatic imine (C=N–C) groups is 1. The second-order valence-corrected chi connectivity index (χ2v) is 8.31. The highest BCUT2D eigenvalue weighted by atomic mass is 127. The number of piperazine rings is 1. The third-order valence-corrected chi connectivity index (χ3v) is 6.13. The summed E-state index contributed by atoms with van der Waals surface area (Å²) < 4.78 is 0. The minimum Gasteiger partial charge on any atom is -0.356 e. The molecule has 0 bridgehead atoms. The number of nitrogens with zero attached hydrogens (tertiary/aromatic N) is 4. The fourth-order valence-electron chi connectivity index (χ4n) is 4.25. The van der Waals surface area contributed by atoms with Crippen LogP contribution in [0.1, 0.15) is 50.5 Å². The Morgan fingerprint density at radius 3 is 2.62 bits per heavy atom. The van der Waals surface area contributed by atoms with Crippen LogP contribution in [0.3, 0.4) is 0 Å². The van der Waals surface area contributed by atoms with Gasteiger partial charge in [0.2, 0.25) is 0 Å². The third-order valence-electron chi connectivity index (χ3n) is 6.13. The molecule has 0 radical (unpaired) electrons. The lowest BCUT2D eigenvalue weighted by Crippen LogP contribution is -2.44. The Morgan fingerprint density at radius 1 is 1.14 bits per heavy atom. The average molecular weight is 515 g/mol. The number of halogens is 1. The van der Waals surface area contributed by atoms with Crippen LogP contribution in [0.2, 0.25) is 0 Å². The van der Waals surface area contributed by atoms with Crippen molar-refractivity contribution in [1.29, 1.82) is 0 Å². The van der Waals surface area contributed by atoms with Crippen molar-refractivity contribution in [3.63, 3.8) is 0 Å². The lowest BCUT2D eigenvalue weighted by Gasteiger charge is -2.33. The van der Waals surface area contributed by atoms with Crippen LogP contribution < -0.4 is 15.5 Å². The van der Waals surface area contributed by atoms with Crippen molar-refractivity contribution in [3.05, 3.63) is 23.9 Å². The molecular formula is C22H39IN6. The Labute approximate surface area is 194 Å². The maximum atomic E-state index is 4.57. The number of likely N-dealkylation sites (N-methyl/N-ethyl adjacent to an activating group) is 1. The van der Waals surface area contributed by atoms with Gasteiger partial charge in [0.05, 0.1) is 0 Å². The van der Waals surface area contributed by atoms with Crippen LogP contribution in [0.4, 0.5) is 5.82 Å². The van der Waals surface area contributed by atoms with E-state index in [1.165, 1.54) is 50.5 Å². The normalized spacial score (nSPS) is 18.6. The van der Waals surface area contributed by atoms with E-state index in [0.29, 0.717) is 0 Å². The highest BCUT2D eigenvalue weighted by Crippen LogP contribution is 2.28. The van der Waals surface area contributed by atoms with Gasteiger partial charge in [-0.25, -0.2) is 4.98 Å². The first kappa shape index (κ1) is 24.2. The number of anilines is 1. The topological polar surface area (TPSA) is 55.8 Å². The minimum absolute atomic E-state index is 0. The number of aromatic nitrogens is 1. The summed E-state index contributed by atoms with van der Waals surface area (Å²) in [6, 6.07) is 4.29. The molecule has 7 heteroatoms. The van der Waals surface area contributed by atoms with E-state index in [2.05, 4.69) is 49.6 Å². The van der Waals surface area contributed by atoms with E-state index in [1.807, 2.05) is 13.2 Å². The fraction of sp³-hybridized carbons (Fsp3) is 0.727. The monoisotopic (exact) mass is 514 g/mol. The van der Waals surface area contributed by atoms with Gasteiger partial charge in [-0.1, -0.05) is 38.5 Å². The molecule has 2 N–H and O–H groups in total. The summed E-state index contributed by atoms with van der Waals surface area (Å²) in [6.07, 6.45) is 11.7. The van der Waals surface area contributed by atoms with Gasteiger partial charge >= 0.3 is 0 Å². The lowest BCUT2D eigenvalue weighted by atomic mass is 10.0. The Morgan fingerprint density at radius 2 is 1.90 bits per heavy atom. The van der Waals surface area contributed by atoms with Gasteiger partial charge in [-0.05, 0) is 37.1 Å². The second-order valence-electron chi connectivity index (χ2n) is 8.31. The summed E-state index contributed by atoms with van der Waals surface area (Å²) in [5.74, 6) is 2.97. The number of hydrogen-bond donors (Lipinski definition) is 2. The molecule has 0 aromatic carbocycles. The van der Waals surface area contributed by atoms with E-state index in [9.17, 15) is 0 Å². The maximum absolute atomic E-state index is 4.57. The van der Waals surface area contributed by atoms with Crippen LogP contribution >= 0.6 is 24.0 Å². The molecule has 0 spiro atoms. The van der Waals surface area contributed by atoms with E-state index in [-0.39, 0.29) is 24.0 Å². The predicted octanol–water partition coefficient (Wildman–Crippen LogP) is 3.48. The average Bonchev–Trinajstić information content (AvgIpc) is 3.24. The molecule has 3 rings (SSSR count). The molecular weight excluding hydrogens is 475 g/mol. The number of unbranched alkanes of at least 4 members (excludes halogenated alkanes) is 1. The minimum atomic E-state index is 0. The Bertz CT molecular complexity index is 609. The number of guanidine groups is 1. The smallest absolute Gasteiger partial charge is 0.191 e. The summed E-state index contributed by atoms with van der Waals surface area (Å²) in [4.78, 5) is 13.7. The first-order chi connectivity index (χ1) is 13.7. The fourth-order valence-corrected chi connectivity index (χ4v) is 4.25. The molecule has 2 fully saturated rings. The Hall–Kier alpha value is -1.09. The van der Waals surface area contributed by atoms with Crippen molar-refractivity contribution >= 4 is 35.8 Å². The van der Waals surface area contributed by atoms with Gasteiger partial charge in [0.25, 0.3) is 0 Å². The molecule has 0 amide bonds. The SMILES string of the molecule is CN=C(NCCCCC1CCCC1)NCc1ccnc(N2CCN(C)CC2)c1.I. The summed E-state index contributed by atoms with van der Waals surface area (Å²) >= 11 is 0. The van der Waals surface area contributed by atoms with E-state index < -0.39 is 0 Å². The molecule has 1 aromatic rings. The van der Waals surface area contributed by atoms with Crippen LogP contribution in [0.5, 0.6) is 0 Å². The molecule has 0 atom stereocenters. The summed E-state index contributed by atoms with van der Waals surface area (Å²) in [7, 11) is 4.02. The molecule has 1 saturated carbocycles. The van der Waals surface area contributed by atoms with E-state index in [1.54, 1.807) is 0 Å². The molecule has 2 heterocycles. The zero-order valence-electron chi connectivity index (χ0n) is 18.2. The quantitative estimate of drug-likeness (QED) is 0.241. The Kier molecular flexibility index (Phi) is 11.1. The standard InChI is InChI=1S/C22H38N6.HI/c1-23-22(25-11-6-5-9-19-7-3-4-8-19)26-18-20-10-12-24-21(17-20)28-15-13-27(2)14-16-28;/h10,12,17,19H,3-9,11,13-16,18H2,1-2H3,(H2,23,25,26);1H. The largest absolute Gasteiger partial charge is 0.356 e. The van der Waals surface area contributed by atoms with Crippen molar-refractivity contribution < 1.29 is 0 Å². The van der Waals surface area contributed by atoms with Crippen LogP contribution in [0.15, 0.2) is 23.3 Å².